The Labute approximate surface area is 105 Å². The number of aromatic nitrogens is 4. The van der Waals surface area contributed by atoms with E-state index in [4.69, 9.17) is 10.6 Å². The number of methoxy groups -OCH3 is 1. The molecule has 0 aliphatic rings. The zero-order valence-electron chi connectivity index (χ0n) is 10.6. The number of ether oxygens (including phenoxy) is 1. The van der Waals surface area contributed by atoms with Crippen molar-refractivity contribution in [1.82, 2.24) is 19.7 Å². The van der Waals surface area contributed by atoms with Crippen LogP contribution >= 0.6 is 0 Å². The molecule has 0 aliphatic heterocycles. The molecule has 2 aromatic heterocycles. The first-order chi connectivity index (χ1) is 8.63. The molecule has 96 valence electrons. The molecule has 7 nitrogen and oxygen atoms in total. The van der Waals surface area contributed by atoms with E-state index >= 15 is 0 Å². The summed E-state index contributed by atoms with van der Waals surface area (Å²) in [6.07, 6.45) is 0. The largest absolute Gasteiger partial charge is 0.377 e. The van der Waals surface area contributed by atoms with Crippen LogP contribution in [-0.2, 0) is 11.3 Å². The minimum Gasteiger partial charge on any atom is -0.377 e. The highest BCUT2D eigenvalue weighted by Gasteiger charge is 2.09. The van der Waals surface area contributed by atoms with Gasteiger partial charge in [0.25, 0.3) is 0 Å². The maximum absolute atomic E-state index is 5.39. The van der Waals surface area contributed by atoms with Crippen LogP contribution in [0.3, 0.4) is 0 Å². The van der Waals surface area contributed by atoms with Gasteiger partial charge in [-0.25, -0.2) is 20.5 Å². The van der Waals surface area contributed by atoms with Crippen LogP contribution in [0, 0.1) is 13.8 Å². The van der Waals surface area contributed by atoms with Crippen LogP contribution in [0.4, 0.5) is 5.82 Å². The second-order valence-electron chi connectivity index (χ2n) is 3.94. The average Bonchev–Trinajstić information content (AvgIpc) is 2.68. The molecule has 0 spiro atoms. The van der Waals surface area contributed by atoms with Crippen LogP contribution in [-0.4, -0.2) is 26.9 Å². The summed E-state index contributed by atoms with van der Waals surface area (Å²) in [5.74, 6) is 7.14. The second-order valence-corrected chi connectivity index (χ2v) is 3.94. The van der Waals surface area contributed by atoms with Crippen LogP contribution < -0.4 is 11.3 Å². The molecule has 0 fully saturated rings. The molecule has 0 atom stereocenters. The van der Waals surface area contributed by atoms with Crippen molar-refractivity contribution in [2.45, 2.75) is 20.5 Å². The van der Waals surface area contributed by atoms with Gasteiger partial charge in [-0.3, -0.25) is 0 Å². The van der Waals surface area contributed by atoms with Gasteiger partial charge in [-0.2, -0.15) is 5.10 Å². The zero-order chi connectivity index (χ0) is 13.1. The lowest BCUT2D eigenvalue weighted by Crippen LogP contribution is -2.13. The van der Waals surface area contributed by atoms with Gasteiger partial charge >= 0.3 is 0 Å². The summed E-state index contributed by atoms with van der Waals surface area (Å²) in [4.78, 5) is 8.57. The number of aryl methyl sites for hydroxylation is 2. The highest BCUT2D eigenvalue weighted by Crippen LogP contribution is 2.13. The molecule has 0 aliphatic carbocycles. The number of hydrogen-bond donors (Lipinski definition) is 2. The number of nitrogens with zero attached hydrogens (tertiary/aromatic N) is 4. The maximum Gasteiger partial charge on any atom is 0.159 e. The molecule has 0 bridgehead atoms. The van der Waals surface area contributed by atoms with E-state index in [9.17, 15) is 0 Å². The van der Waals surface area contributed by atoms with E-state index in [-0.39, 0.29) is 0 Å². The summed E-state index contributed by atoms with van der Waals surface area (Å²) in [5.41, 5.74) is 4.44. The molecule has 0 saturated heterocycles. The molecule has 7 heteroatoms. The zero-order valence-corrected chi connectivity index (χ0v) is 10.6. The molecule has 0 unspecified atom stereocenters. The maximum atomic E-state index is 5.39. The first-order valence-corrected chi connectivity index (χ1v) is 5.51. The third-order valence-electron chi connectivity index (χ3n) is 2.41. The number of hydrazine groups is 1. The van der Waals surface area contributed by atoms with E-state index < -0.39 is 0 Å². The van der Waals surface area contributed by atoms with Gasteiger partial charge in [0.2, 0.25) is 0 Å². The number of rotatable bonds is 4. The van der Waals surface area contributed by atoms with Crippen LogP contribution in [0.2, 0.25) is 0 Å². The van der Waals surface area contributed by atoms with E-state index in [1.54, 1.807) is 17.9 Å². The Morgan fingerprint density at radius 2 is 2.11 bits per heavy atom. The van der Waals surface area contributed by atoms with Crippen molar-refractivity contribution < 1.29 is 4.74 Å². The first kappa shape index (κ1) is 12.5. The molecule has 0 radical (unpaired) electrons. The molecule has 2 rings (SSSR count). The van der Waals surface area contributed by atoms with Gasteiger partial charge in [-0.15, -0.1) is 0 Å². The van der Waals surface area contributed by atoms with Gasteiger partial charge in [0.1, 0.15) is 12.4 Å². The molecule has 0 aromatic carbocycles. The fraction of sp³-hybridized carbons (Fsp3) is 0.364. The van der Waals surface area contributed by atoms with Crippen molar-refractivity contribution in [1.29, 1.82) is 0 Å². The molecule has 2 aromatic rings. The van der Waals surface area contributed by atoms with Crippen molar-refractivity contribution in [3.8, 4) is 5.82 Å². The highest BCUT2D eigenvalue weighted by atomic mass is 16.5. The fourth-order valence-electron chi connectivity index (χ4n) is 1.72. The SMILES string of the molecule is COCc1nc(NN)cc(-n2nc(C)cc2C)n1. The van der Waals surface area contributed by atoms with E-state index in [0.717, 1.165) is 11.4 Å². The second kappa shape index (κ2) is 5.11. The van der Waals surface area contributed by atoms with Crippen molar-refractivity contribution in [3.63, 3.8) is 0 Å². The standard InChI is InChI=1S/C11H16N6O/c1-7-4-8(2)17(16-7)11-5-9(15-12)13-10(14-11)6-18-3/h4-5H,6,12H2,1-3H3,(H,13,14,15). The number of hydrogen-bond acceptors (Lipinski definition) is 6. The lowest BCUT2D eigenvalue weighted by Gasteiger charge is -2.08. The van der Waals surface area contributed by atoms with Gasteiger partial charge in [0, 0.05) is 18.9 Å². The predicted octanol–water partition coefficient (Wildman–Crippen LogP) is 0.711. The third-order valence-corrected chi connectivity index (χ3v) is 2.41. The number of nitrogens with two attached hydrogens (primary N) is 1. The molecular weight excluding hydrogens is 232 g/mol. The van der Waals surface area contributed by atoms with E-state index in [1.165, 1.54) is 0 Å². The Kier molecular flexibility index (Phi) is 3.54. The first-order valence-electron chi connectivity index (χ1n) is 5.51. The molecule has 18 heavy (non-hydrogen) atoms. The summed E-state index contributed by atoms with van der Waals surface area (Å²) >= 11 is 0. The number of nitrogens with one attached hydrogen (secondary N) is 1. The average molecular weight is 248 g/mol. The van der Waals surface area contributed by atoms with Gasteiger partial charge in [0.05, 0.1) is 5.69 Å². The van der Waals surface area contributed by atoms with Crippen molar-refractivity contribution in [3.05, 3.63) is 29.3 Å². The Morgan fingerprint density at radius 1 is 1.33 bits per heavy atom. The Balaban J connectivity index is 2.49. The monoisotopic (exact) mass is 248 g/mol. The van der Waals surface area contributed by atoms with Crippen molar-refractivity contribution in [2.24, 2.45) is 5.84 Å². The molecule has 0 amide bonds. The number of nitrogen functional groups attached to an aromatic ring is 1. The molecule has 0 saturated carbocycles. The molecular formula is C11H16N6O. The Hall–Kier alpha value is -1.99. The third kappa shape index (κ3) is 2.47. The summed E-state index contributed by atoms with van der Waals surface area (Å²) in [6.45, 7) is 4.22. The number of anilines is 1. The van der Waals surface area contributed by atoms with E-state index in [1.807, 2.05) is 19.9 Å². The predicted molar refractivity (Wildman–Crippen MR) is 67.2 cm³/mol. The highest BCUT2D eigenvalue weighted by molar-refractivity contribution is 5.41. The molecule has 2 heterocycles. The normalized spacial score (nSPS) is 10.7. The quantitative estimate of drug-likeness (QED) is 0.611. The minimum absolute atomic E-state index is 0.321. The van der Waals surface area contributed by atoms with Gasteiger partial charge in [-0.05, 0) is 19.9 Å². The van der Waals surface area contributed by atoms with Crippen molar-refractivity contribution >= 4 is 5.82 Å². The topological polar surface area (TPSA) is 90.9 Å². The smallest absolute Gasteiger partial charge is 0.159 e. The summed E-state index contributed by atoms with van der Waals surface area (Å²) in [7, 11) is 1.59. The van der Waals surface area contributed by atoms with E-state index in [2.05, 4.69) is 20.5 Å². The van der Waals surface area contributed by atoms with Gasteiger partial charge in [0.15, 0.2) is 11.6 Å². The Morgan fingerprint density at radius 3 is 2.67 bits per heavy atom. The van der Waals surface area contributed by atoms with Gasteiger partial charge < -0.3 is 10.2 Å². The van der Waals surface area contributed by atoms with Gasteiger partial charge in [-0.1, -0.05) is 0 Å². The lowest BCUT2D eigenvalue weighted by atomic mass is 10.4. The Bertz CT molecular complexity index is 550. The van der Waals surface area contributed by atoms with Crippen LogP contribution in [0.5, 0.6) is 0 Å². The van der Waals surface area contributed by atoms with Crippen LogP contribution in [0.15, 0.2) is 12.1 Å². The summed E-state index contributed by atoms with van der Waals surface area (Å²) in [5, 5.41) is 4.37. The van der Waals surface area contributed by atoms with Crippen LogP contribution in [0.25, 0.3) is 5.82 Å². The van der Waals surface area contributed by atoms with E-state index in [0.29, 0.717) is 24.1 Å². The summed E-state index contributed by atoms with van der Waals surface area (Å²) in [6, 6.07) is 3.71. The summed E-state index contributed by atoms with van der Waals surface area (Å²) < 4.78 is 6.78. The van der Waals surface area contributed by atoms with Crippen molar-refractivity contribution in [2.75, 3.05) is 12.5 Å². The fourth-order valence-corrected chi connectivity index (χ4v) is 1.72. The lowest BCUT2D eigenvalue weighted by molar-refractivity contribution is 0.178. The van der Waals surface area contributed by atoms with Crippen LogP contribution in [0.1, 0.15) is 17.2 Å². The molecule has 3 N–H and O–H groups in total. The minimum atomic E-state index is 0.321.